The molecule has 0 aliphatic carbocycles. The number of hydrogen-bond donors (Lipinski definition) is 2. The Bertz CT molecular complexity index is 612. The molecule has 0 bridgehead atoms. The average Bonchev–Trinajstić information content (AvgIpc) is 2.55. The van der Waals surface area contributed by atoms with Crippen LogP contribution in [0, 0.1) is 0 Å². The van der Waals surface area contributed by atoms with Gasteiger partial charge in [0, 0.05) is 18.4 Å². The van der Waals surface area contributed by atoms with E-state index in [4.69, 9.17) is 4.74 Å². The number of carbonyl (C=O) groups excluding carboxylic acids is 1. The van der Waals surface area contributed by atoms with E-state index in [1.54, 1.807) is 18.3 Å². The number of anilines is 2. The summed E-state index contributed by atoms with van der Waals surface area (Å²) < 4.78 is 5.38. The van der Waals surface area contributed by atoms with E-state index in [1.165, 1.54) is 0 Å². The van der Waals surface area contributed by atoms with Gasteiger partial charge in [0.1, 0.15) is 11.6 Å². The molecule has 0 radical (unpaired) electrons. The molecule has 2 aromatic rings. The van der Waals surface area contributed by atoms with Gasteiger partial charge in [0.05, 0.1) is 12.2 Å². The van der Waals surface area contributed by atoms with Crippen LogP contribution < -0.4 is 15.4 Å². The normalized spacial score (nSPS) is 10.1. The second kappa shape index (κ2) is 8.02. The van der Waals surface area contributed by atoms with Crippen molar-refractivity contribution in [1.29, 1.82) is 0 Å². The van der Waals surface area contributed by atoms with E-state index in [-0.39, 0.29) is 5.91 Å². The molecular formula is C17H21N3O2. The molecule has 5 heteroatoms. The number of hydrogen-bond acceptors (Lipinski definition) is 4. The van der Waals surface area contributed by atoms with E-state index in [0.717, 1.165) is 24.4 Å². The molecule has 0 saturated carbocycles. The molecule has 1 aromatic heterocycles. The van der Waals surface area contributed by atoms with Crippen molar-refractivity contribution < 1.29 is 9.53 Å². The summed E-state index contributed by atoms with van der Waals surface area (Å²) in [6.07, 6.45) is 2.64. The zero-order valence-electron chi connectivity index (χ0n) is 12.9. The van der Waals surface area contributed by atoms with Crippen molar-refractivity contribution in [2.45, 2.75) is 20.3 Å². The maximum absolute atomic E-state index is 12.4. The van der Waals surface area contributed by atoms with Gasteiger partial charge >= 0.3 is 0 Å². The summed E-state index contributed by atoms with van der Waals surface area (Å²) in [5.74, 6) is 1.20. The Hall–Kier alpha value is -2.56. The van der Waals surface area contributed by atoms with Gasteiger partial charge in [0.2, 0.25) is 0 Å². The summed E-state index contributed by atoms with van der Waals surface area (Å²) in [6, 6.07) is 10.8. The molecule has 0 saturated heterocycles. The fourth-order valence-electron chi connectivity index (χ4n) is 1.97. The standard InChI is InChI=1S/C17H21N3O2/c1-3-11-18-16-15(6-5-12-19-16)17(21)20-13-7-9-14(10-8-13)22-4-2/h5-10,12H,3-4,11H2,1-2H3,(H,18,19)(H,20,21). The van der Waals surface area contributed by atoms with E-state index in [1.807, 2.05) is 31.2 Å². The van der Waals surface area contributed by atoms with Crippen molar-refractivity contribution in [2.24, 2.45) is 0 Å². The number of carbonyl (C=O) groups is 1. The van der Waals surface area contributed by atoms with Crippen LogP contribution in [0.5, 0.6) is 5.75 Å². The predicted molar refractivity (Wildman–Crippen MR) is 88.6 cm³/mol. The second-order valence-corrected chi connectivity index (χ2v) is 4.74. The highest BCUT2D eigenvalue weighted by atomic mass is 16.5. The zero-order chi connectivity index (χ0) is 15.8. The minimum Gasteiger partial charge on any atom is -0.494 e. The van der Waals surface area contributed by atoms with Gasteiger partial charge in [-0.05, 0) is 49.7 Å². The third-order valence-corrected chi connectivity index (χ3v) is 3.02. The maximum Gasteiger partial charge on any atom is 0.259 e. The molecule has 1 heterocycles. The van der Waals surface area contributed by atoms with Crippen LogP contribution in [-0.4, -0.2) is 24.0 Å². The minimum atomic E-state index is -0.184. The highest BCUT2D eigenvalue weighted by molar-refractivity contribution is 6.07. The number of nitrogens with zero attached hydrogens (tertiary/aromatic N) is 1. The number of pyridine rings is 1. The quantitative estimate of drug-likeness (QED) is 0.820. The Balaban J connectivity index is 2.08. The summed E-state index contributed by atoms with van der Waals surface area (Å²) in [4.78, 5) is 16.6. The van der Waals surface area contributed by atoms with Crippen LogP contribution in [0.25, 0.3) is 0 Å². The zero-order valence-corrected chi connectivity index (χ0v) is 12.9. The molecule has 0 aliphatic heterocycles. The SMILES string of the molecule is CCCNc1ncccc1C(=O)Nc1ccc(OCC)cc1. The Kier molecular flexibility index (Phi) is 5.77. The molecule has 2 rings (SSSR count). The lowest BCUT2D eigenvalue weighted by Gasteiger charge is -2.11. The first-order chi connectivity index (χ1) is 10.7. The summed E-state index contributed by atoms with van der Waals surface area (Å²) >= 11 is 0. The lowest BCUT2D eigenvalue weighted by Crippen LogP contribution is -2.16. The fourth-order valence-corrected chi connectivity index (χ4v) is 1.97. The lowest BCUT2D eigenvalue weighted by molar-refractivity contribution is 0.102. The van der Waals surface area contributed by atoms with Crippen LogP contribution in [0.15, 0.2) is 42.6 Å². The fraction of sp³-hybridized carbons (Fsp3) is 0.294. The van der Waals surface area contributed by atoms with Crippen LogP contribution in [-0.2, 0) is 0 Å². The smallest absolute Gasteiger partial charge is 0.259 e. The van der Waals surface area contributed by atoms with Gasteiger partial charge in [-0.15, -0.1) is 0 Å². The van der Waals surface area contributed by atoms with Crippen molar-refractivity contribution in [1.82, 2.24) is 4.98 Å². The molecule has 0 unspecified atom stereocenters. The molecule has 0 aliphatic rings. The molecular weight excluding hydrogens is 278 g/mol. The van der Waals surface area contributed by atoms with Gasteiger partial charge in [-0.2, -0.15) is 0 Å². The third kappa shape index (κ3) is 4.22. The number of rotatable bonds is 7. The molecule has 0 spiro atoms. The van der Waals surface area contributed by atoms with E-state index in [2.05, 4.69) is 22.5 Å². The van der Waals surface area contributed by atoms with E-state index in [9.17, 15) is 4.79 Å². The van der Waals surface area contributed by atoms with Crippen LogP contribution in [0.1, 0.15) is 30.6 Å². The predicted octanol–water partition coefficient (Wildman–Crippen LogP) is 3.55. The first-order valence-electron chi connectivity index (χ1n) is 7.47. The first kappa shape index (κ1) is 15.8. The molecule has 5 nitrogen and oxygen atoms in total. The minimum absolute atomic E-state index is 0.184. The molecule has 0 fully saturated rings. The first-order valence-corrected chi connectivity index (χ1v) is 7.47. The second-order valence-electron chi connectivity index (χ2n) is 4.74. The van der Waals surface area contributed by atoms with Gasteiger partial charge in [0.15, 0.2) is 0 Å². The lowest BCUT2D eigenvalue weighted by atomic mass is 10.2. The summed E-state index contributed by atoms with van der Waals surface area (Å²) in [5.41, 5.74) is 1.25. The van der Waals surface area contributed by atoms with Crippen molar-refractivity contribution in [3.05, 3.63) is 48.2 Å². The molecule has 1 aromatic carbocycles. The van der Waals surface area contributed by atoms with Gasteiger partial charge in [-0.1, -0.05) is 6.92 Å². The molecule has 0 atom stereocenters. The summed E-state index contributed by atoms with van der Waals surface area (Å²) in [5, 5.41) is 6.03. The van der Waals surface area contributed by atoms with Crippen molar-refractivity contribution >= 4 is 17.4 Å². The Morgan fingerprint density at radius 1 is 1.18 bits per heavy atom. The number of benzene rings is 1. The van der Waals surface area contributed by atoms with Crippen molar-refractivity contribution in [2.75, 3.05) is 23.8 Å². The average molecular weight is 299 g/mol. The van der Waals surface area contributed by atoms with Crippen LogP contribution in [0.3, 0.4) is 0 Å². The van der Waals surface area contributed by atoms with Crippen molar-refractivity contribution in [3.8, 4) is 5.75 Å². The van der Waals surface area contributed by atoms with E-state index < -0.39 is 0 Å². The Morgan fingerprint density at radius 2 is 1.95 bits per heavy atom. The molecule has 2 N–H and O–H groups in total. The van der Waals surface area contributed by atoms with Crippen LogP contribution in [0.4, 0.5) is 11.5 Å². The van der Waals surface area contributed by atoms with Gasteiger partial charge in [-0.3, -0.25) is 4.79 Å². The Labute approximate surface area is 130 Å². The number of ether oxygens (including phenoxy) is 1. The summed E-state index contributed by atoms with van der Waals surface area (Å²) in [6.45, 7) is 5.40. The molecule has 116 valence electrons. The largest absolute Gasteiger partial charge is 0.494 e. The summed E-state index contributed by atoms with van der Waals surface area (Å²) in [7, 11) is 0. The molecule has 22 heavy (non-hydrogen) atoms. The number of aromatic nitrogens is 1. The topological polar surface area (TPSA) is 63.2 Å². The van der Waals surface area contributed by atoms with E-state index >= 15 is 0 Å². The maximum atomic E-state index is 12.4. The highest BCUT2D eigenvalue weighted by Gasteiger charge is 2.12. The van der Waals surface area contributed by atoms with Gasteiger partial charge in [0.25, 0.3) is 5.91 Å². The number of amides is 1. The van der Waals surface area contributed by atoms with Gasteiger partial charge in [-0.25, -0.2) is 4.98 Å². The highest BCUT2D eigenvalue weighted by Crippen LogP contribution is 2.18. The van der Waals surface area contributed by atoms with Crippen LogP contribution >= 0.6 is 0 Å². The monoisotopic (exact) mass is 299 g/mol. The van der Waals surface area contributed by atoms with Crippen LogP contribution in [0.2, 0.25) is 0 Å². The van der Waals surface area contributed by atoms with Crippen molar-refractivity contribution in [3.63, 3.8) is 0 Å². The molecule has 1 amide bonds. The number of nitrogens with one attached hydrogen (secondary N) is 2. The van der Waals surface area contributed by atoms with Gasteiger partial charge < -0.3 is 15.4 Å². The Morgan fingerprint density at radius 3 is 2.64 bits per heavy atom. The van der Waals surface area contributed by atoms with E-state index in [0.29, 0.717) is 18.0 Å². The third-order valence-electron chi connectivity index (χ3n) is 3.02.